The molecule has 0 aliphatic heterocycles. The van der Waals surface area contributed by atoms with Crippen LogP contribution in [0.15, 0.2) is 6.07 Å². The Morgan fingerprint density at radius 1 is 1.17 bits per heavy atom. The van der Waals surface area contributed by atoms with Crippen LogP contribution in [0.25, 0.3) is 0 Å². The fourth-order valence-electron chi connectivity index (χ4n) is 5.05. The minimum atomic E-state index is -0.929. The molecule has 18 heavy (non-hydrogen) atoms. The molecular weight excluding hydrogens is 228 g/mol. The van der Waals surface area contributed by atoms with Crippen molar-refractivity contribution in [2.75, 3.05) is 0 Å². The Labute approximate surface area is 106 Å². The summed E-state index contributed by atoms with van der Waals surface area (Å²) in [7, 11) is 0. The van der Waals surface area contributed by atoms with Crippen molar-refractivity contribution in [3.05, 3.63) is 17.5 Å². The third kappa shape index (κ3) is 1.44. The van der Waals surface area contributed by atoms with Crippen LogP contribution in [0, 0.1) is 23.7 Å². The number of aromatic nitrogens is 2. The first-order valence-electron chi connectivity index (χ1n) is 6.99. The van der Waals surface area contributed by atoms with E-state index in [1.807, 2.05) is 0 Å². The van der Waals surface area contributed by atoms with E-state index in [1.54, 1.807) is 6.07 Å². The van der Waals surface area contributed by atoms with Crippen molar-refractivity contribution in [2.45, 2.75) is 38.0 Å². The molecule has 2 N–H and O–H groups in total. The summed E-state index contributed by atoms with van der Waals surface area (Å²) in [6, 6.07) is 1.76. The Bertz CT molecular complexity index is 466. The molecule has 0 radical (unpaired) electrons. The molecule has 0 unspecified atom stereocenters. The molecule has 0 atom stereocenters. The van der Waals surface area contributed by atoms with Gasteiger partial charge in [-0.1, -0.05) is 0 Å². The Morgan fingerprint density at radius 3 is 2.28 bits per heavy atom. The van der Waals surface area contributed by atoms with E-state index in [0.717, 1.165) is 29.4 Å². The van der Waals surface area contributed by atoms with Crippen molar-refractivity contribution in [1.29, 1.82) is 0 Å². The highest BCUT2D eigenvalue weighted by molar-refractivity contribution is 5.85. The number of aromatic carboxylic acids is 1. The molecule has 4 saturated carbocycles. The van der Waals surface area contributed by atoms with Crippen molar-refractivity contribution < 1.29 is 9.90 Å². The number of hydrogen-bond donors (Lipinski definition) is 2. The molecule has 4 bridgehead atoms. The molecule has 4 nitrogen and oxygen atoms in total. The summed E-state index contributed by atoms with van der Waals surface area (Å²) in [4.78, 5) is 10.9. The summed E-state index contributed by atoms with van der Waals surface area (Å²) in [6.45, 7) is 0. The Morgan fingerprint density at radius 2 is 1.78 bits per heavy atom. The first-order chi connectivity index (χ1) is 8.70. The maximum absolute atomic E-state index is 10.9. The zero-order valence-corrected chi connectivity index (χ0v) is 10.3. The number of rotatable bonds is 2. The standard InChI is InChI=1S/C14H18N2O2/c17-14(18)12-6-11(15-16-12)13-9-2-7-1-8(4-9)5-10(13)3-7/h6-10,13H,1-5H2,(H,15,16)(H,17,18). The number of nitrogens with one attached hydrogen (secondary N) is 1. The molecule has 4 heteroatoms. The fraction of sp³-hybridized carbons (Fsp3) is 0.714. The lowest BCUT2D eigenvalue weighted by atomic mass is 9.51. The van der Waals surface area contributed by atoms with Crippen molar-refractivity contribution in [2.24, 2.45) is 23.7 Å². The highest BCUT2D eigenvalue weighted by atomic mass is 16.4. The molecule has 4 aliphatic rings. The maximum atomic E-state index is 10.9. The van der Waals surface area contributed by atoms with Crippen LogP contribution in [-0.2, 0) is 0 Å². The van der Waals surface area contributed by atoms with Gasteiger partial charge in [-0.15, -0.1) is 0 Å². The van der Waals surface area contributed by atoms with Gasteiger partial charge in [-0.25, -0.2) is 4.79 Å². The van der Waals surface area contributed by atoms with Crippen molar-refractivity contribution in [1.82, 2.24) is 10.2 Å². The van der Waals surface area contributed by atoms with E-state index in [1.165, 1.54) is 32.1 Å². The van der Waals surface area contributed by atoms with E-state index in [-0.39, 0.29) is 5.69 Å². The number of carboxylic acids is 1. The summed E-state index contributed by atoms with van der Waals surface area (Å²) in [6.07, 6.45) is 6.83. The lowest BCUT2D eigenvalue weighted by molar-refractivity contribution is -0.00417. The lowest BCUT2D eigenvalue weighted by Crippen LogP contribution is -2.43. The molecule has 0 saturated heterocycles. The molecule has 0 amide bonds. The quantitative estimate of drug-likeness (QED) is 0.843. The number of H-pyrrole nitrogens is 1. The van der Waals surface area contributed by atoms with Gasteiger partial charge in [-0.3, -0.25) is 5.10 Å². The van der Waals surface area contributed by atoms with Gasteiger partial charge in [0.1, 0.15) is 0 Å². The van der Waals surface area contributed by atoms with E-state index in [0.29, 0.717) is 5.92 Å². The Hall–Kier alpha value is -1.32. The summed E-state index contributed by atoms with van der Waals surface area (Å²) >= 11 is 0. The van der Waals surface area contributed by atoms with Crippen molar-refractivity contribution in [3.8, 4) is 0 Å². The van der Waals surface area contributed by atoms with Gasteiger partial charge in [0.05, 0.1) is 0 Å². The SMILES string of the molecule is O=C(O)c1cc(C2C3CC4CC(C3)CC2C4)[nH]n1. The molecule has 0 spiro atoms. The van der Waals surface area contributed by atoms with Gasteiger partial charge in [0.25, 0.3) is 0 Å². The van der Waals surface area contributed by atoms with Crippen LogP contribution in [0.1, 0.15) is 54.2 Å². The van der Waals surface area contributed by atoms with Gasteiger partial charge in [-0.05, 0) is 61.8 Å². The second-order valence-electron chi connectivity index (χ2n) is 6.47. The van der Waals surface area contributed by atoms with Crippen LogP contribution in [-0.4, -0.2) is 21.3 Å². The zero-order valence-electron chi connectivity index (χ0n) is 10.3. The first-order valence-corrected chi connectivity index (χ1v) is 6.99. The Kier molecular flexibility index (Phi) is 2.11. The monoisotopic (exact) mass is 246 g/mol. The van der Waals surface area contributed by atoms with E-state index >= 15 is 0 Å². The van der Waals surface area contributed by atoms with Gasteiger partial charge in [0.2, 0.25) is 0 Å². The van der Waals surface area contributed by atoms with Gasteiger partial charge in [0, 0.05) is 11.6 Å². The average Bonchev–Trinajstić information content (AvgIpc) is 2.77. The van der Waals surface area contributed by atoms with Gasteiger partial charge in [-0.2, -0.15) is 5.10 Å². The number of aromatic amines is 1. The largest absolute Gasteiger partial charge is 0.476 e. The van der Waals surface area contributed by atoms with Crippen molar-refractivity contribution in [3.63, 3.8) is 0 Å². The van der Waals surface area contributed by atoms with Crippen LogP contribution < -0.4 is 0 Å². The van der Waals surface area contributed by atoms with Crippen LogP contribution in [0.4, 0.5) is 0 Å². The zero-order chi connectivity index (χ0) is 12.3. The van der Waals surface area contributed by atoms with Crippen LogP contribution in [0.3, 0.4) is 0 Å². The molecular formula is C14H18N2O2. The summed E-state index contributed by atoms with van der Waals surface area (Å²) in [5, 5.41) is 15.9. The molecule has 4 aliphatic carbocycles. The van der Waals surface area contributed by atoms with Crippen LogP contribution >= 0.6 is 0 Å². The topological polar surface area (TPSA) is 66.0 Å². The summed E-state index contributed by atoms with van der Waals surface area (Å²) < 4.78 is 0. The third-order valence-electron chi connectivity index (χ3n) is 5.40. The minimum absolute atomic E-state index is 0.166. The third-order valence-corrected chi connectivity index (χ3v) is 5.40. The molecule has 0 aromatic carbocycles. The second kappa shape index (κ2) is 3.59. The van der Waals surface area contributed by atoms with Crippen LogP contribution in [0.5, 0.6) is 0 Å². The van der Waals surface area contributed by atoms with E-state index in [4.69, 9.17) is 5.11 Å². The fourth-order valence-corrected chi connectivity index (χ4v) is 5.05. The number of carboxylic acid groups (broad SMARTS) is 1. The molecule has 1 heterocycles. The van der Waals surface area contributed by atoms with E-state index in [9.17, 15) is 4.79 Å². The van der Waals surface area contributed by atoms with Crippen LogP contribution in [0.2, 0.25) is 0 Å². The second-order valence-corrected chi connectivity index (χ2v) is 6.47. The lowest BCUT2D eigenvalue weighted by Gasteiger charge is -2.54. The summed E-state index contributed by atoms with van der Waals surface area (Å²) in [5.74, 6) is 3.04. The van der Waals surface area contributed by atoms with Crippen molar-refractivity contribution >= 4 is 5.97 Å². The predicted molar refractivity (Wildman–Crippen MR) is 65.3 cm³/mol. The Balaban J connectivity index is 1.66. The van der Waals surface area contributed by atoms with E-state index in [2.05, 4.69) is 10.2 Å². The number of carbonyl (C=O) groups is 1. The van der Waals surface area contributed by atoms with Gasteiger partial charge < -0.3 is 5.11 Å². The summed E-state index contributed by atoms with van der Waals surface area (Å²) in [5.41, 5.74) is 1.24. The highest BCUT2D eigenvalue weighted by Crippen LogP contribution is 2.59. The predicted octanol–water partition coefficient (Wildman–Crippen LogP) is 2.65. The average molecular weight is 246 g/mol. The first kappa shape index (κ1) is 10.6. The number of hydrogen-bond acceptors (Lipinski definition) is 2. The van der Waals surface area contributed by atoms with Gasteiger partial charge >= 0.3 is 5.97 Å². The molecule has 1 aromatic rings. The molecule has 1 aromatic heterocycles. The molecule has 4 fully saturated rings. The normalized spacial score (nSPS) is 41.2. The smallest absolute Gasteiger partial charge is 0.356 e. The highest BCUT2D eigenvalue weighted by Gasteiger charge is 2.49. The number of nitrogens with zero attached hydrogens (tertiary/aromatic N) is 1. The maximum Gasteiger partial charge on any atom is 0.356 e. The van der Waals surface area contributed by atoms with Gasteiger partial charge in [0.15, 0.2) is 5.69 Å². The molecule has 5 rings (SSSR count). The minimum Gasteiger partial charge on any atom is -0.476 e. The molecule has 96 valence electrons. The van der Waals surface area contributed by atoms with E-state index < -0.39 is 5.97 Å².